The number of aromatic amines is 1. The van der Waals surface area contributed by atoms with Gasteiger partial charge in [-0.1, -0.05) is 24.3 Å². The minimum absolute atomic E-state index is 0.263. The Labute approximate surface area is 150 Å². The molecule has 0 bridgehead atoms. The molecular weight excluding hydrogens is 332 g/mol. The van der Waals surface area contributed by atoms with E-state index in [1.54, 1.807) is 50.4 Å². The van der Waals surface area contributed by atoms with Crippen LogP contribution in [0.5, 0.6) is 5.75 Å². The van der Waals surface area contributed by atoms with E-state index in [0.29, 0.717) is 22.5 Å². The van der Waals surface area contributed by atoms with Crippen LogP contribution in [0, 0.1) is 0 Å². The molecule has 1 N–H and O–H groups in total. The molecule has 1 atom stereocenters. The van der Waals surface area contributed by atoms with Crippen molar-refractivity contribution in [2.75, 3.05) is 7.11 Å². The molecule has 2 aromatic carbocycles. The molecule has 0 amide bonds. The second-order valence-electron chi connectivity index (χ2n) is 5.66. The number of hydrogen-bond acceptors (Lipinski definition) is 5. The topological polar surface area (TPSA) is 81.3 Å². The van der Waals surface area contributed by atoms with E-state index in [9.17, 15) is 9.59 Å². The van der Waals surface area contributed by atoms with Gasteiger partial charge in [-0.15, -0.1) is 0 Å². The largest absolute Gasteiger partial charge is 0.497 e. The summed E-state index contributed by atoms with van der Waals surface area (Å²) < 4.78 is 10.5. The third-order valence-corrected chi connectivity index (χ3v) is 3.81. The maximum absolute atomic E-state index is 12.1. The van der Waals surface area contributed by atoms with E-state index in [-0.39, 0.29) is 5.56 Å². The van der Waals surface area contributed by atoms with Gasteiger partial charge in [-0.3, -0.25) is 4.79 Å². The lowest BCUT2D eigenvalue weighted by Crippen LogP contribution is -2.16. The molecule has 0 radical (unpaired) electrons. The highest BCUT2D eigenvalue weighted by Gasteiger charge is 2.14. The number of rotatable bonds is 5. The Morgan fingerprint density at radius 1 is 1.19 bits per heavy atom. The Bertz CT molecular complexity index is 1020. The molecule has 0 fully saturated rings. The number of hydrogen-bond donors (Lipinski definition) is 1. The fraction of sp³-hybridized carbons (Fsp3) is 0.150. The van der Waals surface area contributed by atoms with Crippen LogP contribution in [0.4, 0.5) is 0 Å². The van der Waals surface area contributed by atoms with Crippen molar-refractivity contribution < 1.29 is 14.3 Å². The zero-order valence-electron chi connectivity index (χ0n) is 14.4. The summed E-state index contributed by atoms with van der Waals surface area (Å²) in [6.45, 7) is 1.66. The first kappa shape index (κ1) is 17.4. The predicted octanol–water partition coefficient (Wildman–Crippen LogP) is 3.25. The average Bonchev–Trinajstić information content (AvgIpc) is 2.66. The monoisotopic (exact) mass is 350 g/mol. The summed E-state index contributed by atoms with van der Waals surface area (Å²) >= 11 is 0. The third kappa shape index (κ3) is 3.97. The van der Waals surface area contributed by atoms with Crippen molar-refractivity contribution in [1.29, 1.82) is 0 Å². The number of esters is 1. The lowest BCUT2D eigenvalue weighted by molar-refractivity contribution is -0.142. The number of para-hydroxylation sites is 1. The Morgan fingerprint density at radius 3 is 2.81 bits per heavy atom. The van der Waals surface area contributed by atoms with Crippen LogP contribution in [0.1, 0.15) is 24.4 Å². The van der Waals surface area contributed by atoms with E-state index >= 15 is 0 Å². The van der Waals surface area contributed by atoms with Gasteiger partial charge in [0.2, 0.25) is 0 Å². The number of ether oxygens (including phenoxy) is 2. The number of aromatic nitrogens is 2. The highest BCUT2D eigenvalue weighted by atomic mass is 16.5. The van der Waals surface area contributed by atoms with Gasteiger partial charge >= 0.3 is 5.97 Å². The van der Waals surface area contributed by atoms with Crippen molar-refractivity contribution in [1.82, 2.24) is 9.97 Å². The molecule has 1 heterocycles. The van der Waals surface area contributed by atoms with E-state index in [1.807, 2.05) is 18.2 Å². The first-order chi connectivity index (χ1) is 12.6. The number of methoxy groups -OCH3 is 1. The SMILES string of the molecule is COc1cccc(/C=C/C(=O)O[C@@H](C)c2nc3ccccc3c(=O)[nH]2)c1. The van der Waals surface area contributed by atoms with Crippen molar-refractivity contribution >= 4 is 22.9 Å². The maximum Gasteiger partial charge on any atom is 0.331 e. The van der Waals surface area contributed by atoms with Crippen LogP contribution >= 0.6 is 0 Å². The highest BCUT2D eigenvalue weighted by molar-refractivity contribution is 5.87. The highest BCUT2D eigenvalue weighted by Crippen LogP contribution is 2.16. The number of fused-ring (bicyclic) bond motifs is 1. The van der Waals surface area contributed by atoms with Crippen molar-refractivity contribution in [3.63, 3.8) is 0 Å². The van der Waals surface area contributed by atoms with E-state index < -0.39 is 12.1 Å². The number of carbonyl (C=O) groups excluding carboxylic acids is 1. The first-order valence-corrected chi connectivity index (χ1v) is 8.08. The molecule has 26 heavy (non-hydrogen) atoms. The number of nitrogens with zero attached hydrogens (tertiary/aromatic N) is 1. The Kier molecular flexibility index (Phi) is 5.12. The van der Waals surface area contributed by atoms with E-state index in [2.05, 4.69) is 9.97 Å². The number of H-pyrrole nitrogens is 1. The summed E-state index contributed by atoms with van der Waals surface area (Å²) in [5.74, 6) is 0.472. The molecule has 0 saturated heterocycles. The first-order valence-electron chi connectivity index (χ1n) is 8.08. The van der Waals surface area contributed by atoms with Gasteiger partial charge in [-0.05, 0) is 42.8 Å². The standard InChI is InChI=1S/C20H18N2O4/c1-13(19-21-17-9-4-3-8-16(17)20(24)22-19)26-18(23)11-10-14-6-5-7-15(12-14)25-2/h3-13H,1-2H3,(H,21,22,24)/b11-10+/t13-/m0/s1. The second kappa shape index (κ2) is 7.65. The van der Waals surface area contributed by atoms with E-state index in [4.69, 9.17) is 9.47 Å². The van der Waals surface area contributed by atoms with E-state index in [1.165, 1.54) is 6.08 Å². The van der Waals surface area contributed by atoms with Crippen LogP contribution in [0.3, 0.4) is 0 Å². The van der Waals surface area contributed by atoms with Crippen LogP contribution in [0.15, 0.2) is 59.4 Å². The molecule has 0 aliphatic heterocycles. The van der Waals surface area contributed by atoms with Crippen LogP contribution in [0.25, 0.3) is 17.0 Å². The summed E-state index contributed by atoms with van der Waals surface area (Å²) in [6, 6.07) is 14.3. The zero-order chi connectivity index (χ0) is 18.5. The van der Waals surface area contributed by atoms with Crippen LogP contribution in [-0.4, -0.2) is 23.0 Å². The molecule has 3 aromatic rings. The molecule has 6 heteroatoms. The lowest BCUT2D eigenvalue weighted by atomic mass is 10.2. The predicted molar refractivity (Wildman–Crippen MR) is 98.9 cm³/mol. The normalized spacial score (nSPS) is 12.2. The molecule has 0 aliphatic rings. The molecule has 0 saturated carbocycles. The maximum atomic E-state index is 12.1. The molecular formula is C20H18N2O4. The summed E-state index contributed by atoms with van der Waals surface area (Å²) in [5.41, 5.74) is 1.10. The number of benzene rings is 2. The van der Waals surface area contributed by atoms with Crippen molar-refractivity contribution in [3.05, 3.63) is 76.3 Å². The quantitative estimate of drug-likeness (QED) is 0.564. The summed E-state index contributed by atoms with van der Waals surface area (Å²) in [4.78, 5) is 31.2. The molecule has 0 aliphatic carbocycles. The van der Waals surface area contributed by atoms with Crippen molar-refractivity contribution in [3.8, 4) is 5.75 Å². The lowest BCUT2D eigenvalue weighted by Gasteiger charge is -2.11. The number of carbonyl (C=O) groups is 1. The van der Waals surface area contributed by atoms with E-state index in [0.717, 1.165) is 5.56 Å². The summed E-state index contributed by atoms with van der Waals surface area (Å²) in [5, 5.41) is 0.493. The van der Waals surface area contributed by atoms with Gasteiger partial charge in [0.05, 0.1) is 18.0 Å². The average molecular weight is 350 g/mol. The van der Waals surface area contributed by atoms with Crippen LogP contribution < -0.4 is 10.3 Å². The molecule has 132 valence electrons. The molecule has 3 rings (SSSR count). The van der Waals surface area contributed by atoms with Crippen molar-refractivity contribution in [2.45, 2.75) is 13.0 Å². The Balaban J connectivity index is 1.73. The molecule has 0 unspecified atom stereocenters. The summed E-state index contributed by atoms with van der Waals surface area (Å²) in [7, 11) is 1.58. The minimum atomic E-state index is -0.685. The molecule has 0 spiro atoms. The van der Waals surface area contributed by atoms with Crippen LogP contribution in [0.2, 0.25) is 0 Å². The number of nitrogens with one attached hydrogen (secondary N) is 1. The smallest absolute Gasteiger partial charge is 0.331 e. The van der Waals surface area contributed by atoms with Gasteiger partial charge in [-0.2, -0.15) is 0 Å². The minimum Gasteiger partial charge on any atom is -0.497 e. The third-order valence-electron chi connectivity index (χ3n) is 3.81. The van der Waals surface area contributed by atoms with Gasteiger partial charge in [-0.25, -0.2) is 9.78 Å². The van der Waals surface area contributed by atoms with Crippen molar-refractivity contribution in [2.24, 2.45) is 0 Å². The van der Waals surface area contributed by atoms with Crippen LogP contribution in [-0.2, 0) is 9.53 Å². The zero-order valence-corrected chi connectivity index (χ0v) is 14.4. The van der Waals surface area contributed by atoms with Gasteiger partial charge in [0.1, 0.15) is 5.75 Å². The Hall–Kier alpha value is -3.41. The van der Waals surface area contributed by atoms with Gasteiger partial charge in [0, 0.05) is 6.08 Å². The van der Waals surface area contributed by atoms with Gasteiger partial charge in [0.25, 0.3) is 5.56 Å². The van der Waals surface area contributed by atoms with Gasteiger partial charge in [0.15, 0.2) is 11.9 Å². The Morgan fingerprint density at radius 2 is 2.00 bits per heavy atom. The van der Waals surface area contributed by atoms with Gasteiger partial charge < -0.3 is 14.5 Å². The fourth-order valence-electron chi connectivity index (χ4n) is 2.48. The molecule has 1 aromatic heterocycles. The fourth-order valence-corrected chi connectivity index (χ4v) is 2.48. The second-order valence-corrected chi connectivity index (χ2v) is 5.66. The summed E-state index contributed by atoms with van der Waals surface area (Å²) in [6.07, 6.45) is 2.27. The molecule has 6 nitrogen and oxygen atoms in total.